The lowest BCUT2D eigenvalue weighted by Crippen LogP contribution is -2.53. The number of rotatable bonds is 6. The third-order valence-corrected chi connectivity index (χ3v) is 7.96. The molecular weight excluding hydrogens is 386 g/mol. The van der Waals surface area contributed by atoms with Crippen LogP contribution in [0.1, 0.15) is 92.4 Å². The van der Waals surface area contributed by atoms with Crippen LogP contribution in [0.25, 0.3) is 0 Å². The fourth-order valence-corrected chi connectivity index (χ4v) is 6.24. The Labute approximate surface area is 186 Å². The number of carbonyl (C=O) groups excluding carboxylic acids is 1. The number of oxazole rings is 1. The van der Waals surface area contributed by atoms with Crippen molar-refractivity contribution >= 4 is 5.91 Å². The quantitative estimate of drug-likeness (QED) is 0.703. The Morgan fingerprint density at radius 1 is 1.32 bits per heavy atom. The Hall–Kier alpha value is -2.14. The van der Waals surface area contributed by atoms with Gasteiger partial charge in [-0.1, -0.05) is 52.3 Å². The van der Waals surface area contributed by atoms with E-state index in [4.69, 9.17) is 10.2 Å². The third-order valence-electron chi connectivity index (χ3n) is 7.96. The van der Waals surface area contributed by atoms with E-state index >= 15 is 0 Å². The van der Waals surface area contributed by atoms with Crippen molar-refractivity contribution in [3.63, 3.8) is 0 Å². The van der Waals surface area contributed by atoms with Gasteiger partial charge >= 0.3 is 0 Å². The van der Waals surface area contributed by atoms with Crippen molar-refractivity contribution in [2.45, 2.75) is 77.6 Å². The molecule has 3 N–H and O–H groups in total. The highest BCUT2D eigenvalue weighted by molar-refractivity contribution is 5.91. The summed E-state index contributed by atoms with van der Waals surface area (Å²) >= 11 is 0. The molecule has 1 aromatic carbocycles. The van der Waals surface area contributed by atoms with E-state index in [1.165, 1.54) is 42.2 Å². The number of hydrogen-bond acceptors (Lipinski definition) is 4. The Kier molecular flexibility index (Phi) is 5.99. The number of carbonyl (C=O) groups is 1. The number of fused-ring (bicyclic) bond motifs is 3. The van der Waals surface area contributed by atoms with Crippen molar-refractivity contribution in [3.05, 3.63) is 52.7 Å². The second kappa shape index (κ2) is 8.42. The zero-order chi connectivity index (χ0) is 22.2. The molecule has 1 aromatic heterocycles. The van der Waals surface area contributed by atoms with Crippen molar-refractivity contribution < 1.29 is 9.21 Å². The minimum absolute atomic E-state index is 0.0703. The van der Waals surface area contributed by atoms with E-state index in [9.17, 15) is 4.79 Å². The summed E-state index contributed by atoms with van der Waals surface area (Å²) in [6.45, 7) is 10.5. The molecule has 168 valence electrons. The summed E-state index contributed by atoms with van der Waals surface area (Å²) in [6.07, 6.45) is 7.86. The average molecular weight is 424 g/mol. The van der Waals surface area contributed by atoms with Gasteiger partial charge in [0.2, 0.25) is 0 Å². The Morgan fingerprint density at radius 3 is 2.87 bits per heavy atom. The smallest absolute Gasteiger partial charge is 0.273 e. The maximum atomic E-state index is 12.7. The first-order valence-corrected chi connectivity index (χ1v) is 11.8. The molecule has 1 heterocycles. The number of aromatic nitrogens is 1. The van der Waals surface area contributed by atoms with E-state index in [0.29, 0.717) is 42.9 Å². The lowest BCUT2D eigenvalue weighted by molar-refractivity contribution is 0.0254. The molecule has 1 amide bonds. The highest BCUT2D eigenvalue weighted by Crippen LogP contribution is 2.57. The Morgan fingerprint density at radius 2 is 2.13 bits per heavy atom. The molecule has 2 aromatic rings. The molecule has 1 fully saturated rings. The minimum atomic E-state index is -0.154. The fraction of sp³-hybridized carbons (Fsp3) is 0.615. The molecule has 5 nitrogen and oxygen atoms in total. The average Bonchev–Trinajstić information content (AvgIpc) is 3.20. The van der Waals surface area contributed by atoms with Gasteiger partial charge in [0.25, 0.3) is 5.91 Å². The third kappa shape index (κ3) is 4.05. The largest absolute Gasteiger partial charge is 0.448 e. The molecule has 0 spiro atoms. The summed E-state index contributed by atoms with van der Waals surface area (Å²) in [5, 5.41) is 3.17. The molecule has 31 heavy (non-hydrogen) atoms. The molecule has 0 aliphatic heterocycles. The predicted molar refractivity (Wildman–Crippen MR) is 123 cm³/mol. The topological polar surface area (TPSA) is 81.2 Å². The monoisotopic (exact) mass is 423 g/mol. The van der Waals surface area contributed by atoms with Crippen molar-refractivity contribution in [1.82, 2.24) is 10.3 Å². The highest BCUT2D eigenvalue weighted by atomic mass is 16.3. The summed E-state index contributed by atoms with van der Waals surface area (Å²) in [7, 11) is 0. The van der Waals surface area contributed by atoms with Gasteiger partial charge in [-0.15, -0.1) is 0 Å². The summed E-state index contributed by atoms with van der Waals surface area (Å²) in [5.41, 5.74) is 10.6. The number of nitrogens with zero attached hydrogens (tertiary/aromatic N) is 1. The van der Waals surface area contributed by atoms with Gasteiger partial charge in [0.1, 0.15) is 6.26 Å². The number of amides is 1. The van der Waals surface area contributed by atoms with Crippen LogP contribution in [0.15, 0.2) is 28.9 Å². The van der Waals surface area contributed by atoms with Gasteiger partial charge in [0.15, 0.2) is 11.6 Å². The van der Waals surface area contributed by atoms with E-state index in [1.54, 1.807) is 0 Å². The zero-order valence-corrected chi connectivity index (χ0v) is 19.5. The lowest BCUT2D eigenvalue weighted by Gasteiger charge is -2.55. The number of nitrogens with one attached hydrogen (secondary N) is 1. The van der Waals surface area contributed by atoms with E-state index in [2.05, 4.69) is 56.2 Å². The molecule has 4 rings (SSSR count). The summed E-state index contributed by atoms with van der Waals surface area (Å²) in [4.78, 5) is 17.0. The van der Waals surface area contributed by atoms with Gasteiger partial charge in [-0.2, -0.15) is 0 Å². The van der Waals surface area contributed by atoms with Crippen LogP contribution in [-0.2, 0) is 18.3 Å². The second-order valence-electron chi connectivity index (χ2n) is 10.4. The SMILES string of the molecule is CC(C)c1ccc2c(c1)CCC1C(C)(CNC(=O)c3coc(CCN)n3)CCCC21C. The molecule has 2 aliphatic carbocycles. The van der Waals surface area contributed by atoms with E-state index < -0.39 is 0 Å². The Bertz CT molecular complexity index is 950. The normalized spacial score (nSPS) is 27.6. The molecule has 0 bridgehead atoms. The number of hydrogen-bond donors (Lipinski definition) is 2. The van der Waals surface area contributed by atoms with Crippen LogP contribution < -0.4 is 11.1 Å². The standard InChI is InChI=1S/C26H37N3O2/c1-17(2)18-6-8-20-19(14-18)7-9-22-25(3,11-5-12-26(20,22)4)16-28-24(30)21-15-31-23(29-21)10-13-27/h6,8,14-15,17,22H,5,7,9-13,16,27H2,1-4H3,(H,28,30). The van der Waals surface area contributed by atoms with E-state index in [1.807, 2.05) is 0 Å². The lowest BCUT2D eigenvalue weighted by atomic mass is 9.49. The van der Waals surface area contributed by atoms with Crippen LogP contribution in [0.3, 0.4) is 0 Å². The molecule has 3 unspecified atom stereocenters. The van der Waals surface area contributed by atoms with Crippen LogP contribution in [0.4, 0.5) is 0 Å². The van der Waals surface area contributed by atoms with Gasteiger partial charge in [-0.05, 0) is 65.0 Å². The predicted octanol–water partition coefficient (Wildman–Crippen LogP) is 4.74. The van der Waals surface area contributed by atoms with Crippen molar-refractivity contribution in [1.29, 1.82) is 0 Å². The second-order valence-corrected chi connectivity index (χ2v) is 10.4. The zero-order valence-electron chi connectivity index (χ0n) is 19.5. The van der Waals surface area contributed by atoms with Crippen molar-refractivity contribution in [2.24, 2.45) is 17.1 Å². The molecule has 0 saturated heterocycles. The molecule has 2 aliphatic rings. The fourth-order valence-electron chi connectivity index (χ4n) is 6.24. The molecule has 1 saturated carbocycles. The molecule has 3 atom stereocenters. The summed E-state index contributed by atoms with van der Waals surface area (Å²) in [6, 6.07) is 7.17. The van der Waals surface area contributed by atoms with Crippen LogP contribution in [-0.4, -0.2) is 24.0 Å². The maximum Gasteiger partial charge on any atom is 0.273 e. The van der Waals surface area contributed by atoms with Crippen molar-refractivity contribution in [3.8, 4) is 0 Å². The summed E-state index contributed by atoms with van der Waals surface area (Å²) < 4.78 is 5.36. The minimum Gasteiger partial charge on any atom is -0.448 e. The van der Waals surface area contributed by atoms with E-state index in [-0.39, 0.29) is 16.7 Å². The van der Waals surface area contributed by atoms with Crippen LogP contribution in [0, 0.1) is 11.3 Å². The molecule has 0 radical (unpaired) electrons. The number of benzene rings is 1. The number of aryl methyl sites for hydroxylation is 1. The first kappa shape index (κ1) is 22.1. The van der Waals surface area contributed by atoms with Crippen LogP contribution >= 0.6 is 0 Å². The highest BCUT2D eigenvalue weighted by Gasteiger charge is 2.51. The van der Waals surface area contributed by atoms with Gasteiger partial charge in [-0.25, -0.2) is 4.98 Å². The Balaban J connectivity index is 1.52. The maximum absolute atomic E-state index is 12.7. The van der Waals surface area contributed by atoms with Crippen molar-refractivity contribution in [2.75, 3.05) is 13.1 Å². The van der Waals surface area contributed by atoms with Gasteiger partial charge in [0.05, 0.1) is 0 Å². The van der Waals surface area contributed by atoms with Gasteiger partial charge < -0.3 is 15.5 Å². The van der Waals surface area contributed by atoms with Crippen LogP contribution in [0.5, 0.6) is 0 Å². The van der Waals surface area contributed by atoms with Gasteiger partial charge in [0, 0.05) is 19.5 Å². The summed E-state index contributed by atoms with van der Waals surface area (Å²) in [5.74, 6) is 1.48. The number of nitrogens with two attached hydrogens (primary N) is 1. The van der Waals surface area contributed by atoms with Crippen LogP contribution in [0.2, 0.25) is 0 Å². The first-order chi connectivity index (χ1) is 14.8. The first-order valence-electron chi connectivity index (χ1n) is 11.8. The molecular formula is C26H37N3O2. The molecule has 5 heteroatoms. The van der Waals surface area contributed by atoms with E-state index in [0.717, 1.165) is 12.8 Å². The van der Waals surface area contributed by atoms with Gasteiger partial charge in [-0.3, -0.25) is 4.79 Å².